The molecule has 0 radical (unpaired) electrons. The number of hydrogen-bond donors (Lipinski definition) is 0. The molecule has 1 aromatic rings. The largest absolute Gasteiger partial charge is 0.356 e. The SMILES string of the molecule is CCN(CC1CC1)c1ncncc1I. The molecule has 14 heavy (non-hydrogen) atoms. The average Bonchev–Trinajstić information content (AvgIpc) is 2.99. The van der Waals surface area contributed by atoms with E-state index in [4.69, 9.17) is 0 Å². The minimum atomic E-state index is 0.903. The first-order valence-electron chi connectivity index (χ1n) is 5.01. The highest BCUT2D eigenvalue weighted by atomic mass is 127. The Labute approximate surface area is 98.1 Å². The van der Waals surface area contributed by atoms with Gasteiger partial charge in [0, 0.05) is 19.3 Å². The summed E-state index contributed by atoms with van der Waals surface area (Å²) < 4.78 is 1.15. The molecule has 1 saturated carbocycles. The van der Waals surface area contributed by atoms with E-state index in [-0.39, 0.29) is 0 Å². The maximum Gasteiger partial charge on any atom is 0.145 e. The van der Waals surface area contributed by atoms with Crippen molar-refractivity contribution in [3.05, 3.63) is 16.1 Å². The van der Waals surface area contributed by atoms with Crippen molar-refractivity contribution < 1.29 is 0 Å². The van der Waals surface area contributed by atoms with Crippen molar-refractivity contribution in [2.75, 3.05) is 18.0 Å². The molecule has 1 aliphatic carbocycles. The van der Waals surface area contributed by atoms with Crippen LogP contribution in [0.25, 0.3) is 0 Å². The van der Waals surface area contributed by atoms with Gasteiger partial charge in [0.1, 0.15) is 12.1 Å². The molecule has 0 bridgehead atoms. The van der Waals surface area contributed by atoms with E-state index in [0.717, 1.165) is 28.4 Å². The van der Waals surface area contributed by atoms with Crippen LogP contribution >= 0.6 is 22.6 Å². The molecule has 0 aromatic carbocycles. The van der Waals surface area contributed by atoms with Crippen molar-refractivity contribution in [2.24, 2.45) is 5.92 Å². The molecule has 2 rings (SSSR count). The van der Waals surface area contributed by atoms with Gasteiger partial charge in [0.05, 0.1) is 3.57 Å². The van der Waals surface area contributed by atoms with Crippen LogP contribution < -0.4 is 4.90 Å². The number of nitrogens with zero attached hydrogens (tertiary/aromatic N) is 3. The van der Waals surface area contributed by atoms with Gasteiger partial charge in [-0.15, -0.1) is 0 Å². The smallest absolute Gasteiger partial charge is 0.145 e. The molecule has 1 aliphatic rings. The van der Waals surface area contributed by atoms with Gasteiger partial charge in [0.2, 0.25) is 0 Å². The highest BCUT2D eigenvalue weighted by molar-refractivity contribution is 14.1. The topological polar surface area (TPSA) is 29.0 Å². The first kappa shape index (κ1) is 10.1. The number of rotatable bonds is 4. The molecule has 0 unspecified atom stereocenters. The van der Waals surface area contributed by atoms with Crippen molar-refractivity contribution in [2.45, 2.75) is 19.8 Å². The van der Waals surface area contributed by atoms with Gasteiger partial charge in [-0.3, -0.25) is 0 Å². The average molecular weight is 303 g/mol. The third-order valence-corrected chi connectivity index (χ3v) is 3.27. The Hall–Kier alpha value is -0.390. The normalized spacial score (nSPS) is 15.6. The van der Waals surface area contributed by atoms with E-state index in [9.17, 15) is 0 Å². The molecular formula is C10H14IN3. The Bertz CT molecular complexity index is 312. The summed E-state index contributed by atoms with van der Waals surface area (Å²) in [7, 11) is 0. The van der Waals surface area contributed by atoms with Crippen molar-refractivity contribution >= 4 is 28.4 Å². The second-order valence-electron chi connectivity index (χ2n) is 3.68. The second-order valence-corrected chi connectivity index (χ2v) is 4.84. The fourth-order valence-corrected chi connectivity index (χ4v) is 2.16. The molecule has 3 nitrogen and oxygen atoms in total. The Balaban J connectivity index is 2.12. The first-order chi connectivity index (χ1) is 6.81. The van der Waals surface area contributed by atoms with Gasteiger partial charge in [0.25, 0.3) is 0 Å². The lowest BCUT2D eigenvalue weighted by Gasteiger charge is -2.22. The molecule has 0 saturated heterocycles. The molecular weight excluding hydrogens is 289 g/mol. The highest BCUT2D eigenvalue weighted by Gasteiger charge is 2.24. The van der Waals surface area contributed by atoms with Gasteiger partial charge in [-0.05, 0) is 48.3 Å². The summed E-state index contributed by atoms with van der Waals surface area (Å²) in [5.74, 6) is 2.00. The lowest BCUT2D eigenvalue weighted by Crippen LogP contribution is -2.27. The monoisotopic (exact) mass is 303 g/mol. The van der Waals surface area contributed by atoms with Crippen molar-refractivity contribution in [1.82, 2.24) is 9.97 Å². The van der Waals surface area contributed by atoms with E-state index in [0.29, 0.717) is 0 Å². The minimum Gasteiger partial charge on any atom is -0.356 e. The van der Waals surface area contributed by atoms with Gasteiger partial charge in [-0.1, -0.05) is 0 Å². The van der Waals surface area contributed by atoms with E-state index in [1.165, 1.54) is 12.8 Å². The van der Waals surface area contributed by atoms with Gasteiger partial charge in [0.15, 0.2) is 0 Å². The molecule has 0 atom stereocenters. The zero-order chi connectivity index (χ0) is 9.97. The Morgan fingerprint density at radius 2 is 2.36 bits per heavy atom. The summed E-state index contributed by atoms with van der Waals surface area (Å²) in [4.78, 5) is 10.7. The summed E-state index contributed by atoms with van der Waals surface area (Å²) in [5, 5.41) is 0. The van der Waals surface area contributed by atoms with Crippen LogP contribution in [0, 0.1) is 9.49 Å². The van der Waals surface area contributed by atoms with Crippen LogP contribution in [0.15, 0.2) is 12.5 Å². The van der Waals surface area contributed by atoms with E-state index in [1.807, 2.05) is 6.20 Å². The van der Waals surface area contributed by atoms with Gasteiger partial charge in [-0.25, -0.2) is 9.97 Å². The predicted octanol–water partition coefficient (Wildman–Crippen LogP) is 2.32. The van der Waals surface area contributed by atoms with Crippen molar-refractivity contribution in [1.29, 1.82) is 0 Å². The van der Waals surface area contributed by atoms with E-state index in [1.54, 1.807) is 6.33 Å². The zero-order valence-corrected chi connectivity index (χ0v) is 10.4. The molecule has 1 fully saturated rings. The van der Waals surface area contributed by atoms with E-state index < -0.39 is 0 Å². The van der Waals surface area contributed by atoms with Crippen LogP contribution in [0.3, 0.4) is 0 Å². The second kappa shape index (κ2) is 4.42. The predicted molar refractivity (Wildman–Crippen MR) is 65.4 cm³/mol. The first-order valence-corrected chi connectivity index (χ1v) is 6.09. The Kier molecular flexibility index (Phi) is 3.20. The van der Waals surface area contributed by atoms with Crippen LogP contribution in [0.1, 0.15) is 19.8 Å². The molecule has 1 aromatic heterocycles. The molecule has 76 valence electrons. The summed E-state index contributed by atoms with van der Waals surface area (Å²) >= 11 is 2.30. The fraction of sp³-hybridized carbons (Fsp3) is 0.600. The summed E-state index contributed by atoms with van der Waals surface area (Å²) in [6.07, 6.45) is 6.28. The molecule has 0 aliphatic heterocycles. The standard InChI is InChI=1S/C10H14IN3/c1-2-14(6-8-3-4-8)10-9(11)5-12-7-13-10/h5,7-8H,2-4,6H2,1H3. The quantitative estimate of drug-likeness (QED) is 0.799. The van der Waals surface area contributed by atoms with Crippen molar-refractivity contribution in [3.8, 4) is 0 Å². The maximum atomic E-state index is 4.34. The molecule has 0 amide bonds. The number of anilines is 1. The zero-order valence-electron chi connectivity index (χ0n) is 8.28. The lowest BCUT2D eigenvalue weighted by atomic mass is 10.3. The molecule has 0 N–H and O–H groups in total. The Morgan fingerprint density at radius 3 is 2.93 bits per heavy atom. The number of hydrogen-bond acceptors (Lipinski definition) is 3. The third-order valence-electron chi connectivity index (χ3n) is 2.50. The van der Waals surface area contributed by atoms with Crippen LogP contribution in [-0.4, -0.2) is 23.1 Å². The van der Waals surface area contributed by atoms with E-state index >= 15 is 0 Å². The van der Waals surface area contributed by atoms with Gasteiger partial charge < -0.3 is 4.90 Å². The summed E-state index contributed by atoms with van der Waals surface area (Å²) in [5.41, 5.74) is 0. The van der Waals surface area contributed by atoms with Gasteiger partial charge in [-0.2, -0.15) is 0 Å². The Morgan fingerprint density at radius 1 is 1.57 bits per heavy atom. The lowest BCUT2D eigenvalue weighted by molar-refractivity contribution is 0.728. The number of aromatic nitrogens is 2. The number of halogens is 1. The minimum absolute atomic E-state index is 0.903. The molecule has 1 heterocycles. The van der Waals surface area contributed by atoms with E-state index in [2.05, 4.69) is 44.4 Å². The van der Waals surface area contributed by atoms with Crippen LogP contribution in [0.5, 0.6) is 0 Å². The van der Waals surface area contributed by atoms with Gasteiger partial charge >= 0.3 is 0 Å². The molecule has 4 heteroatoms. The van der Waals surface area contributed by atoms with Crippen LogP contribution in [0.4, 0.5) is 5.82 Å². The fourth-order valence-electron chi connectivity index (χ4n) is 1.52. The maximum absolute atomic E-state index is 4.34. The summed E-state index contributed by atoms with van der Waals surface area (Å²) in [6, 6.07) is 0. The highest BCUT2D eigenvalue weighted by Crippen LogP contribution is 2.31. The van der Waals surface area contributed by atoms with Crippen LogP contribution in [-0.2, 0) is 0 Å². The third kappa shape index (κ3) is 2.34. The summed E-state index contributed by atoms with van der Waals surface area (Å²) in [6.45, 7) is 4.37. The van der Waals surface area contributed by atoms with Crippen LogP contribution in [0.2, 0.25) is 0 Å². The molecule has 0 spiro atoms. The van der Waals surface area contributed by atoms with Crippen molar-refractivity contribution in [3.63, 3.8) is 0 Å².